The number of aromatic nitrogens is 1. The standard InChI is InChI=1S/C15H19N3O/c1-2-11(9-16)8-15(19)18-14-5-3-4-12-6-7-17-10-13(12)14/h3-7,10-11H,2,8-9,16H2,1H3,(H,18,19). The lowest BCUT2D eigenvalue weighted by molar-refractivity contribution is -0.117. The van der Waals surface area contributed by atoms with E-state index >= 15 is 0 Å². The Morgan fingerprint density at radius 3 is 3.00 bits per heavy atom. The van der Waals surface area contributed by atoms with E-state index in [2.05, 4.69) is 10.3 Å². The lowest BCUT2D eigenvalue weighted by Gasteiger charge is -2.13. The Hall–Kier alpha value is -1.94. The van der Waals surface area contributed by atoms with Gasteiger partial charge < -0.3 is 11.1 Å². The molecule has 1 aromatic heterocycles. The molecule has 1 atom stereocenters. The van der Waals surface area contributed by atoms with Gasteiger partial charge in [-0.2, -0.15) is 0 Å². The Labute approximate surface area is 113 Å². The zero-order chi connectivity index (χ0) is 13.7. The monoisotopic (exact) mass is 257 g/mol. The second-order valence-corrected chi connectivity index (χ2v) is 4.66. The number of benzene rings is 1. The molecule has 0 bridgehead atoms. The van der Waals surface area contributed by atoms with Crippen LogP contribution < -0.4 is 11.1 Å². The van der Waals surface area contributed by atoms with Crippen molar-refractivity contribution in [3.05, 3.63) is 36.7 Å². The van der Waals surface area contributed by atoms with Crippen LogP contribution in [-0.4, -0.2) is 17.4 Å². The Balaban J connectivity index is 2.15. The fourth-order valence-electron chi connectivity index (χ4n) is 2.08. The quantitative estimate of drug-likeness (QED) is 0.865. The molecule has 4 heteroatoms. The zero-order valence-electron chi connectivity index (χ0n) is 11.1. The van der Waals surface area contributed by atoms with E-state index in [1.165, 1.54) is 0 Å². The summed E-state index contributed by atoms with van der Waals surface area (Å²) in [5.74, 6) is 0.252. The number of rotatable bonds is 5. The summed E-state index contributed by atoms with van der Waals surface area (Å²) in [4.78, 5) is 16.1. The molecule has 100 valence electrons. The van der Waals surface area contributed by atoms with Crippen LogP contribution in [0.5, 0.6) is 0 Å². The predicted molar refractivity (Wildman–Crippen MR) is 77.8 cm³/mol. The number of nitrogens with zero attached hydrogens (tertiary/aromatic N) is 1. The molecule has 0 aliphatic carbocycles. The average molecular weight is 257 g/mol. The van der Waals surface area contributed by atoms with E-state index in [0.29, 0.717) is 13.0 Å². The van der Waals surface area contributed by atoms with Gasteiger partial charge in [0.25, 0.3) is 0 Å². The summed E-state index contributed by atoms with van der Waals surface area (Å²) in [6.45, 7) is 2.59. The lowest BCUT2D eigenvalue weighted by Crippen LogP contribution is -2.21. The van der Waals surface area contributed by atoms with Crippen LogP contribution in [-0.2, 0) is 4.79 Å². The Morgan fingerprint density at radius 2 is 2.26 bits per heavy atom. The number of carbonyl (C=O) groups excluding carboxylic acids is 1. The van der Waals surface area contributed by atoms with Crippen LogP contribution >= 0.6 is 0 Å². The van der Waals surface area contributed by atoms with Crippen molar-refractivity contribution in [1.29, 1.82) is 0 Å². The van der Waals surface area contributed by atoms with Crippen LogP contribution in [0.15, 0.2) is 36.7 Å². The molecule has 1 unspecified atom stereocenters. The number of nitrogens with two attached hydrogens (primary N) is 1. The number of anilines is 1. The van der Waals surface area contributed by atoms with Gasteiger partial charge in [-0.15, -0.1) is 0 Å². The third kappa shape index (κ3) is 3.29. The van der Waals surface area contributed by atoms with Gasteiger partial charge in [0.1, 0.15) is 0 Å². The molecule has 1 aromatic carbocycles. The molecule has 2 aromatic rings. The number of hydrogen-bond donors (Lipinski definition) is 2. The van der Waals surface area contributed by atoms with Crippen molar-refractivity contribution in [2.24, 2.45) is 11.7 Å². The largest absolute Gasteiger partial charge is 0.330 e. The third-order valence-corrected chi connectivity index (χ3v) is 3.34. The van der Waals surface area contributed by atoms with Gasteiger partial charge in [-0.1, -0.05) is 25.5 Å². The Morgan fingerprint density at radius 1 is 1.42 bits per heavy atom. The van der Waals surface area contributed by atoms with Gasteiger partial charge in [0.2, 0.25) is 5.91 Å². The molecule has 0 radical (unpaired) electrons. The van der Waals surface area contributed by atoms with Gasteiger partial charge in [-0.3, -0.25) is 9.78 Å². The highest BCUT2D eigenvalue weighted by atomic mass is 16.1. The summed E-state index contributed by atoms with van der Waals surface area (Å²) in [7, 11) is 0. The van der Waals surface area contributed by atoms with E-state index < -0.39 is 0 Å². The molecule has 2 rings (SSSR count). The van der Waals surface area contributed by atoms with Gasteiger partial charge in [-0.05, 0) is 30.0 Å². The van der Waals surface area contributed by atoms with Gasteiger partial charge in [-0.25, -0.2) is 0 Å². The number of nitrogens with one attached hydrogen (secondary N) is 1. The first-order chi connectivity index (χ1) is 9.24. The maximum Gasteiger partial charge on any atom is 0.224 e. The van der Waals surface area contributed by atoms with Crippen molar-refractivity contribution in [3.8, 4) is 0 Å². The molecule has 0 aliphatic rings. The van der Waals surface area contributed by atoms with Crippen LogP contribution in [0.25, 0.3) is 10.8 Å². The minimum absolute atomic E-state index is 0.00801. The van der Waals surface area contributed by atoms with Crippen molar-refractivity contribution >= 4 is 22.4 Å². The molecule has 1 amide bonds. The highest BCUT2D eigenvalue weighted by Gasteiger charge is 2.11. The molecule has 19 heavy (non-hydrogen) atoms. The average Bonchev–Trinajstić information content (AvgIpc) is 2.45. The van der Waals surface area contributed by atoms with Gasteiger partial charge in [0, 0.05) is 24.2 Å². The van der Waals surface area contributed by atoms with Crippen molar-refractivity contribution in [2.75, 3.05) is 11.9 Å². The van der Waals surface area contributed by atoms with E-state index in [1.807, 2.05) is 31.2 Å². The summed E-state index contributed by atoms with van der Waals surface area (Å²) < 4.78 is 0. The predicted octanol–water partition coefficient (Wildman–Crippen LogP) is 2.55. The number of amides is 1. The third-order valence-electron chi connectivity index (χ3n) is 3.34. The van der Waals surface area contributed by atoms with Crippen LogP contribution in [0.1, 0.15) is 19.8 Å². The molecule has 0 aliphatic heterocycles. The molecule has 0 fully saturated rings. The molecular weight excluding hydrogens is 238 g/mol. The number of fused-ring (bicyclic) bond motifs is 1. The van der Waals surface area contributed by atoms with Gasteiger partial charge >= 0.3 is 0 Å². The summed E-state index contributed by atoms with van der Waals surface area (Å²) in [5, 5.41) is 4.98. The topological polar surface area (TPSA) is 68.0 Å². The van der Waals surface area contributed by atoms with Crippen molar-refractivity contribution < 1.29 is 4.79 Å². The molecule has 0 saturated carbocycles. The maximum absolute atomic E-state index is 12.0. The van der Waals surface area contributed by atoms with Crippen molar-refractivity contribution in [3.63, 3.8) is 0 Å². The van der Waals surface area contributed by atoms with E-state index in [1.54, 1.807) is 12.4 Å². The van der Waals surface area contributed by atoms with E-state index in [4.69, 9.17) is 5.73 Å². The minimum Gasteiger partial charge on any atom is -0.330 e. The normalized spacial score (nSPS) is 12.3. The van der Waals surface area contributed by atoms with Crippen LogP contribution in [0.4, 0.5) is 5.69 Å². The second kappa shape index (κ2) is 6.29. The number of carbonyl (C=O) groups is 1. The summed E-state index contributed by atoms with van der Waals surface area (Å²) in [5.41, 5.74) is 6.43. The first-order valence-electron chi connectivity index (χ1n) is 6.57. The van der Waals surface area contributed by atoms with Crippen molar-refractivity contribution in [2.45, 2.75) is 19.8 Å². The molecule has 0 saturated heterocycles. The SMILES string of the molecule is CCC(CN)CC(=O)Nc1cccc2ccncc12. The molecular formula is C15H19N3O. The first-order valence-corrected chi connectivity index (χ1v) is 6.57. The smallest absolute Gasteiger partial charge is 0.224 e. The summed E-state index contributed by atoms with van der Waals surface area (Å²) >= 11 is 0. The van der Waals surface area contributed by atoms with Crippen LogP contribution in [0, 0.1) is 5.92 Å². The number of hydrogen-bond acceptors (Lipinski definition) is 3. The highest BCUT2D eigenvalue weighted by molar-refractivity contribution is 6.01. The summed E-state index contributed by atoms with van der Waals surface area (Å²) in [6.07, 6.45) is 4.89. The van der Waals surface area contributed by atoms with Crippen molar-refractivity contribution in [1.82, 2.24) is 4.98 Å². The zero-order valence-corrected chi connectivity index (χ0v) is 11.1. The van der Waals surface area contributed by atoms with E-state index in [9.17, 15) is 4.79 Å². The van der Waals surface area contributed by atoms with Crippen LogP contribution in [0.3, 0.4) is 0 Å². The fraction of sp³-hybridized carbons (Fsp3) is 0.333. The molecule has 0 spiro atoms. The molecule has 3 N–H and O–H groups in total. The first kappa shape index (κ1) is 13.5. The van der Waals surface area contributed by atoms with Gasteiger partial charge in [0.15, 0.2) is 0 Å². The fourth-order valence-corrected chi connectivity index (χ4v) is 2.08. The maximum atomic E-state index is 12.0. The Bertz CT molecular complexity index is 559. The van der Waals surface area contributed by atoms with Gasteiger partial charge in [0.05, 0.1) is 5.69 Å². The van der Waals surface area contributed by atoms with E-state index in [0.717, 1.165) is 22.9 Å². The highest BCUT2D eigenvalue weighted by Crippen LogP contribution is 2.22. The Kier molecular flexibility index (Phi) is 4.47. The van der Waals surface area contributed by atoms with Crippen LogP contribution in [0.2, 0.25) is 0 Å². The molecule has 4 nitrogen and oxygen atoms in total. The molecule has 1 heterocycles. The second-order valence-electron chi connectivity index (χ2n) is 4.66. The minimum atomic E-state index is 0.00801. The lowest BCUT2D eigenvalue weighted by atomic mass is 10.0. The number of pyridine rings is 1. The summed E-state index contributed by atoms with van der Waals surface area (Å²) in [6, 6.07) is 7.75. The van der Waals surface area contributed by atoms with E-state index in [-0.39, 0.29) is 11.8 Å².